The van der Waals surface area contributed by atoms with E-state index in [1.807, 2.05) is 20.8 Å². The van der Waals surface area contributed by atoms with E-state index < -0.39 is 41.0 Å². The van der Waals surface area contributed by atoms with Crippen LogP contribution < -0.4 is 16.4 Å². The maximum Gasteiger partial charge on any atom is 0.235 e. The van der Waals surface area contributed by atoms with Crippen molar-refractivity contribution in [3.05, 3.63) is 69.2 Å². The number of carbonyl (C=O) groups excluding carboxylic acids is 2. The van der Waals surface area contributed by atoms with E-state index in [-0.39, 0.29) is 32.5 Å². The molecule has 1 aliphatic carbocycles. The summed E-state index contributed by atoms with van der Waals surface area (Å²) >= 11 is 12.0. The number of nitrogens with two attached hydrogens (primary N) is 1. The average molecular weight is 608 g/mol. The van der Waals surface area contributed by atoms with E-state index in [0.29, 0.717) is 12.5 Å². The van der Waals surface area contributed by atoms with E-state index in [2.05, 4.69) is 16.7 Å². The molecule has 41 heavy (non-hydrogen) atoms. The van der Waals surface area contributed by atoms with Crippen LogP contribution in [0.2, 0.25) is 10.0 Å². The van der Waals surface area contributed by atoms with Gasteiger partial charge in [0.25, 0.3) is 0 Å². The number of amides is 2. The minimum Gasteiger partial charge on any atom is -0.368 e. The molecule has 1 saturated heterocycles. The highest BCUT2D eigenvalue weighted by atomic mass is 35.5. The summed E-state index contributed by atoms with van der Waals surface area (Å²) in [4.78, 5) is 23.0. The molecular weight excluding hydrogens is 569 g/mol. The third-order valence-electron chi connectivity index (χ3n) is 7.77. The smallest absolute Gasteiger partial charge is 0.235 e. The molecule has 4 atom stereocenters. The van der Waals surface area contributed by atoms with Crippen molar-refractivity contribution in [1.82, 2.24) is 10.6 Å². The summed E-state index contributed by atoms with van der Waals surface area (Å²) in [6.45, 7) is 7.47. The number of rotatable bonds is 5. The zero-order chi connectivity index (χ0) is 30.5. The number of primary amides is 1. The lowest BCUT2D eigenvalue weighted by Gasteiger charge is -2.37. The Morgan fingerprint density at radius 2 is 1.80 bits per heavy atom. The largest absolute Gasteiger partial charge is 0.368 e. The molecule has 2 aliphatic rings. The SMILES string of the molecule is CC(=O)NC1CCCCC1.CC(C)(C)CC1N[C@@H](C(N)=O)C(c2cccc(Cl)c2F)[C@@]1(C#N)c1ccc(Cl)cc1F. The number of nitriles is 1. The van der Waals surface area contributed by atoms with Gasteiger partial charge in [0, 0.05) is 35.5 Å². The summed E-state index contributed by atoms with van der Waals surface area (Å²) in [6, 6.07) is 9.23. The highest BCUT2D eigenvalue weighted by Gasteiger charge is 2.60. The normalized spacial score (nSPS) is 24.6. The van der Waals surface area contributed by atoms with Gasteiger partial charge in [-0.3, -0.25) is 9.59 Å². The van der Waals surface area contributed by atoms with Crippen molar-refractivity contribution in [3.63, 3.8) is 0 Å². The molecule has 6 nitrogen and oxygen atoms in total. The zero-order valence-electron chi connectivity index (χ0n) is 23.9. The second-order valence-corrected chi connectivity index (χ2v) is 13.0. The fourth-order valence-electron chi connectivity index (χ4n) is 6.11. The van der Waals surface area contributed by atoms with Gasteiger partial charge in [-0.05, 0) is 48.4 Å². The van der Waals surface area contributed by atoms with Crippen LogP contribution in [0.5, 0.6) is 0 Å². The van der Waals surface area contributed by atoms with Crippen molar-refractivity contribution in [2.75, 3.05) is 0 Å². The quantitative estimate of drug-likeness (QED) is 0.359. The standard InChI is InChI=1S/C23H23Cl2F2N3O.C8H15NO/c1-22(2,3)10-17-23(11-28,14-8-7-12(24)9-16(14)26)18(20(30-17)21(29)31)13-5-4-6-15(25)19(13)27;1-7(10)9-8-5-3-2-4-6-8/h4-9,17-18,20,30H,10H2,1-3H3,(H2,29,31);8H,2-6H2,1H3,(H,9,10)/t17?,18?,20-,23+;/m1./s1. The Labute approximate surface area is 251 Å². The van der Waals surface area contributed by atoms with E-state index in [1.54, 1.807) is 6.92 Å². The lowest BCUT2D eigenvalue weighted by atomic mass is 9.62. The number of carbonyl (C=O) groups is 2. The third-order valence-corrected chi connectivity index (χ3v) is 8.30. The van der Waals surface area contributed by atoms with Crippen LogP contribution in [0.1, 0.15) is 83.3 Å². The first-order valence-corrected chi connectivity index (χ1v) is 14.6. The van der Waals surface area contributed by atoms with E-state index >= 15 is 8.78 Å². The predicted molar refractivity (Wildman–Crippen MR) is 158 cm³/mol. The Bertz CT molecular complexity index is 1300. The molecule has 2 unspecified atom stereocenters. The highest BCUT2D eigenvalue weighted by molar-refractivity contribution is 6.31. The van der Waals surface area contributed by atoms with Crippen LogP contribution in [0.4, 0.5) is 8.78 Å². The van der Waals surface area contributed by atoms with Crippen LogP contribution in [-0.2, 0) is 15.0 Å². The highest BCUT2D eigenvalue weighted by Crippen LogP contribution is 2.52. The lowest BCUT2D eigenvalue weighted by Crippen LogP contribution is -2.45. The van der Waals surface area contributed by atoms with Crippen LogP contribution in [0.15, 0.2) is 36.4 Å². The van der Waals surface area contributed by atoms with Crippen molar-refractivity contribution >= 4 is 35.0 Å². The van der Waals surface area contributed by atoms with E-state index in [4.69, 9.17) is 28.9 Å². The molecule has 222 valence electrons. The van der Waals surface area contributed by atoms with E-state index in [1.165, 1.54) is 62.4 Å². The minimum absolute atomic E-state index is 0.0225. The Morgan fingerprint density at radius 1 is 1.15 bits per heavy atom. The number of nitrogens with zero attached hydrogens (tertiary/aromatic N) is 1. The first-order chi connectivity index (χ1) is 19.2. The molecule has 0 aromatic heterocycles. The van der Waals surface area contributed by atoms with Gasteiger partial charge in [0.1, 0.15) is 17.0 Å². The average Bonchev–Trinajstić information content (AvgIpc) is 3.19. The molecule has 4 rings (SSSR count). The molecule has 10 heteroatoms. The Morgan fingerprint density at radius 3 is 2.34 bits per heavy atom. The van der Waals surface area contributed by atoms with Crippen LogP contribution >= 0.6 is 23.2 Å². The van der Waals surface area contributed by atoms with Crippen LogP contribution in [0.25, 0.3) is 0 Å². The van der Waals surface area contributed by atoms with Crippen molar-refractivity contribution in [2.45, 2.75) is 95.7 Å². The van der Waals surface area contributed by atoms with Crippen molar-refractivity contribution in [2.24, 2.45) is 11.1 Å². The Balaban J connectivity index is 0.000000389. The van der Waals surface area contributed by atoms with Crippen LogP contribution in [-0.4, -0.2) is 29.9 Å². The number of nitrogens with one attached hydrogen (secondary N) is 2. The molecule has 1 aliphatic heterocycles. The fraction of sp³-hybridized carbons (Fsp3) is 0.516. The van der Waals surface area contributed by atoms with Gasteiger partial charge < -0.3 is 16.4 Å². The van der Waals surface area contributed by atoms with Gasteiger partial charge in [0.05, 0.1) is 17.1 Å². The molecule has 4 N–H and O–H groups in total. The van der Waals surface area contributed by atoms with Gasteiger partial charge in [-0.2, -0.15) is 5.26 Å². The minimum atomic E-state index is -1.65. The predicted octanol–water partition coefficient (Wildman–Crippen LogP) is 6.53. The van der Waals surface area contributed by atoms with Crippen molar-refractivity contribution < 1.29 is 18.4 Å². The van der Waals surface area contributed by atoms with Gasteiger partial charge in [-0.15, -0.1) is 0 Å². The van der Waals surface area contributed by atoms with Gasteiger partial charge in [0.15, 0.2) is 0 Å². The molecule has 0 spiro atoms. The molecule has 0 bridgehead atoms. The Hall–Kier alpha value is -2.73. The molecule has 1 saturated carbocycles. The van der Waals surface area contributed by atoms with Crippen LogP contribution in [0, 0.1) is 28.4 Å². The van der Waals surface area contributed by atoms with Crippen molar-refractivity contribution in [3.8, 4) is 6.07 Å². The summed E-state index contributed by atoms with van der Waals surface area (Å²) < 4.78 is 30.4. The lowest BCUT2D eigenvalue weighted by molar-refractivity contribution is -0.120. The maximum absolute atomic E-state index is 15.2. The third kappa shape index (κ3) is 7.57. The number of benzene rings is 2. The number of hydrogen-bond acceptors (Lipinski definition) is 4. The first kappa shape index (κ1) is 32.8. The van der Waals surface area contributed by atoms with E-state index in [0.717, 1.165) is 6.07 Å². The van der Waals surface area contributed by atoms with E-state index in [9.17, 15) is 14.9 Å². The number of hydrogen-bond donors (Lipinski definition) is 3. The summed E-state index contributed by atoms with van der Waals surface area (Å²) in [7, 11) is 0. The molecule has 1 heterocycles. The topological polar surface area (TPSA) is 108 Å². The molecule has 2 amide bonds. The molecule has 2 aromatic carbocycles. The summed E-state index contributed by atoms with van der Waals surface area (Å²) in [5.74, 6) is -3.25. The summed E-state index contributed by atoms with van der Waals surface area (Å²) in [6.07, 6.45) is 6.66. The van der Waals surface area contributed by atoms with Crippen molar-refractivity contribution in [1.29, 1.82) is 5.26 Å². The molecule has 0 radical (unpaired) electrons. The van der Waals surface area contributed by atoms with Gasteiger partial charge >= 0.3 is 0 Å². The monoisotopic (exact) mass is 606 g/mol. The molecule has 2 fully saturated rings. The summed E-state index contributed by atoms with van der Waals surface area (Å²) in [5, 5.41) is 16.6. The second-order valence-electron chi connectivity index (χ2n) is 12.1. The number of halogens is 4. The summed E-state index contributed by atoms with van der Waals surface area (Å²) in [5.41, 5.74) is 3.78. The first-order valence-electron chi connectivity index (χ1n) is 13.8. The maximum atomic E-state index is 15.2. The second kappa shape index (κ2) is 13.5. The van der Waals surface area contributed by atoms with Gasteiger partial charge in [-0.25, -0.2) is 8.78 Å². The molecular formula is C31H38Cl2F2N4O2. The molecule has 2 aromatic rings. The van der Waals surface area contributed by atoms with Crippen LogP contribution in [0.3, 0.4) is 0 Å². The van der Waals surface area contributed by atoms with Gasteiger partial charge in [-0.1, -0.05) is 81.4 Å². The zero-order valence-corrected chi connectivity index (χ0v) is 25.4. The van der Waals surface area contributed by atoms with Gasteiger partial charge in [0.2, 0.25) is 11.8 Å². The Kier molecular flexibility index (Phi) is 10.8. The fourth-order valence-corrected chi connectivity index (χ4v) is 6.45.